The molecular formula is C16H32N2S. The van der Waals surface area contributed by atoms with E-state index in [1.807, 2.05) is 0 Å². The van der Waals surface area contributed by atoms with Gasteiger partial charge in [-0.15, -0.1) is 0 Å². The van der Waals surface area contributed by atoms with E-state index in [0.29, 0.717) is 0 Å². The fourth-order valence-corrected chi connectivity index (χ4v) is 5.29. The van der Waals surface area contributed by atoms with Crippen LogP contribution in [0.15, 0.2) is 0 Å². The van der Waals surface area contributed by atoms with E-state index in [1.165, 1.54) is 44.6 Å². The van der Waals surface area contributed by atoms with Crippen LogP contribution in [0.1, 0.15) is 40.0 Å². The van der Waals surface area contributed by atoms with Crippen LogP contribution in [0.2, 0.25) is 0 Å². The highest BCUT2D eigenvalue weighted by atomic mass is 32.2. The summed E-state index contributed by atoms with van der Waals surface area (Å²) in [4.78, 5) is 2.74. The molecule has 0 aromatic carbocycles. The summed E-state index contributed by atoms with van der Waals surface area (Å²) in [7, 11) is 2.16. The van der Waals surface area contributed by atoms with Gasteiger partial charge >= 0.3 is 0 Å². The molecule has 2 rings (SSSR count). The van der Waals surface area contributed by atoms with Gasteiger partial charge in [0.2, 0.25) is 0 Å². The van der Waals surface area contributed by atoms with E-state index in [9.17, 15) is 0 Å². The zero-order chi connectivity index (χ0) is 13.8. The lowest BCUT2D eigenvalue weighted by molar-refractivity contribution is 0.106. The number of hydrogen-bond acceptors (Lipinski definition) is 3. The lowest BCUT2D eigenvalue weighted by Crippen LogP contribution is -2.50. The average molecular weight is 285 g/mol. The molecule has 0 aromatic heterocycles. The highest BCUT2D eigenvalue weighted by Gasteiger charge is 2.34. The maximum absolute atomic E-state index is 3.60. The van der Waals surface area contributed by atoms with Gasteiger partial charge in [-0.1, -0.05) is 20.8 Å². The number of rotatable bonds is 4. The molecule has 1 aliphatic heterocycles. The molecule has 0 radical (unpaired) electrons. The standard InChI is InChI=1S/C16H32N2S/c1-5-14-10-18(6-7-19-14)11-15-13(3)8-12(2)9-16(15)17-4/h12-17H,5-11H2,1-4H3. The van der Waals surface area contributed by atoms with Gasteiger partial charge in [0.25, 0.3) is 0 Å². The first kappa shape index (κ1) is 15.7. The van der Waals surface area contributed by atoms with Gasteiger partial charge in [0.15, 0.2) is 0 Å². The van der Waals surface area contributed by atoms with E-state index in [-0.39, 0.29) is 0 Å². The molecule has 1 N–H and O–H groups in total. The van der Waals surface area contributed by atoms with Gasteiger partial charge in [0, 0.05) is 36.7 Å². The van der Waals surface area contributed by atoms with Crippen LogP contribution in [-0.4, -0.2) is 48.6 Å². The monoisotopic (exact) mass is 284 g/mol. The lowest BCUT2D eigenvalue weighted by Gasteiger charge is -2.43. The number of nitrogens with one attached hydrogen (secondary N) is 1. The van der Waals surface area contributed by atoms with Gasteiger partial charge in [0.05, 0.1) is 0 Å². The predicted molar refractivity (Wildman–Crippen MR) is 86.9 cm³/mol. The summed E-state index contributed by atoms with van der Waals surface area (Å²) in [5, 5.41) is 4.47. The zero-order valence-electron chi connectivity index (χ0n) is 13.2. The first-order chi connectivity index (χ1) is 9.13. The second-order valence-electron chi connectivity index (χ2n) is 6.77. The van der Waals surface area contributed by atoms with Crippen molar-refractivity contribution in [2.24, 2.45) is 17.8 Å². The highest BCUT2D eigenvalue weighted by Crippen LogP contribution is 2.35. The summed E-state index contributed by atoms with van der Waals surface area (Å²) in [6.07, 6.45) is 4.11. The zero-order valence-corrected chi connectivity index (χ0v) is 14.0. The van der Waals surface area contributed by atoms with Crippen molar-refractivity contribution in [3.05, 3.63) is 0 Å². The molecule has 2 nitrogen and oxygen atoms in total. The molecule has 0 spiro atoms. The number of thioether (sulfide) groups is 1. The van der Waals surface area contributed by atoms with E-state index < -0.39 is 0 Å². The minimum absolute atomic E-state index is 0.730. The third kappa shape index (κ3) is 4.12. The van der Waals surface area contributed by atoms with E-state index >= 15 is 0 Å². The topological polar surface area (TPSA) is 15.3 Å². The Kier molecular flexibility index (Phi) is 6.04. The van der Waals surface area contributed by atoms with Crippen molar-refractivity contribution in [3.63, 3.8) is 0 Å². The van der Waals surface area contributed by atoms with Crippen molar-refractivity contribution in [3.8, 4) is 0 Å². The Bertz CT molecular complexity index is 271. The van der Waals surface area contributed by atoms with E-state index in [2.05, 4.69) is 49.8 Å². The summed E-state index contributed by atoms with van der Waals surface area (Å²) in [6.45, 7) is 11.2. The van der Waals surface area contributed by atoms with Crippen molar-refractivity contribution in [1.29, 1.82) is 0 Å². The second kappa shape index (κ2) is 7.33. The van der Waals surface area contributed by atoms with Gasteiger partial charge in [-0.05, 0) is 44.1 Å². The number of hydrogen-bond donors (Lipinski definition) is 1. The summed E-state index contributed by atoms with van der Waals surface area (Å²) in [5.74, 6) is 3.95. The predicted octanol–water partition coefficient (Wildman–Crippen LogP) is 3.08. The molecule has 1 aliphatic carbocycles. The molecule has 1 heterocycles. The summed E-state index contributed by atoms with van der Waals surface area (Å²) in [5.41, 5.74) is 0. The maximum Gasteiger partial charge on any atom is 0.0172 e. The van der Waals surface area contributed by atoms with E-state index in [4.69, 9.17) is 0 Å². The van der Waals surface area contributed by atoms with Crippen LogP contribution in [0.4, 0.5) is 0 Å². The first-order valence-corrected chi connectivity index (χ1v) is 9.20. The third-order valence-electron chi connectivity index (χ3n) is 5.20. The molecule has 19 heavy (non-hydrogen) atoms. The van der Waals surface area contributed by atoms with Crippen molar-refractivity contribution in [1.82, 2.24) is 10.2 Å². The van der Waals surface area contributed by atoms with Gasteiger partial charge in [0.1, 0.15) is 0 Å². The summed E-state index contributed by atoms with van der Waals surface area (Å²) >= 11 is 2.18. The Morgan fingerprint density at radius 2 is 2.05 bits per heavy atom. The van der Waals surface area contributed by atoms with Crippen LogP contribution in [0, 0.1) is 17.8 Å². The van der Waals surface area contributed by atoms with Crippen LogP contribution in [0.3, 0.4) is 0 Å². The molecule has 1 saturated heterocycles. The Morgan fingerprint density at radius 3 is 2.74 bits per heavy atom. The minimum atomic E-state index is 0.730. The molecule has 2 aliphatic rings. The Balaban J connectivity index is 1.92. The second-order valence-corrected chi connectivity index (χ2v) is 8.18. The summed E-state index contributed by atoms with van der Waals surface area (Å²) in [6, 6.07) is 0.730. The molecule has 0 amide bonds. The Labute approximate surface area is 124 Å². The van der Waals surface area contributed by atoms with Crippen LogP contribution < -0.4 is 5.32 Å². The van der Waals surface area contributed by atoms with Crippen molar-refractivity contribution in [2.45, 2.75) is 51.3 Å². The fourth-order valence-electron chi connectivity index (χ4n) is 4.04. The summed E-state index contributed by atoms with van der Waals surface area (Å²) < 4.78 is 0. The lowest BCUT2D eigenvalue weighted by atomic mass is 9.72. The van der Waals surface area contributed by atoms with Gasteiger partial charge in [-0.3, -0.25) is 0 Å². The molecule has 2 fully saturated rings. The molecule has 5 unspecified atom stereocenters. The molecule has 3 heteroatoms. The van der Waals surface area contributed by atoms with Crippen LogP contribution >= 0.6 is 11.8 Å². The van der Waals surface area contributed by atoms with Crippen molar-refractivity contribution >= 4 is 11.8 Å². The van der Waals surface area contributed by atoms with Gasteiger partial charge in [-0.2, -0.15) is 11.8 Å². The van der Waals surface area contributed by atoms with Crippen LogP contribution in [-0.2, 0) is 0 Å². The highest BCUT2D eigenvalue weighted by molar-refractivity contribution is 8.00. The molecule has 112 valence electrons. The van der Waals surface area contributed by atoms with Crippen LogP contribution in [0.25, 0.3) is 0 Å². The smallest absolute Gasteiger partial charge is 0.0172 e. The maximum atomic E-state index is 3.60. The van der Waals surface area contributed by atoms with Gasteiger partial charge in [-0.25, -0.2) is 0 Å². The Hall–Kier alpha value is 0.270. The largest absolute Gasteiger partial charge is 0.317 e. The minimum Gasteiger partial charge on any atom is -0.317 e. The molecule has 0 aromatic rings. The van der Waals surface area contributed by atoms with Crippen LogP contribution in [0.5, 0.6) is 0 Å². The molecule has 5 atom stereocenters. The van der Waals surface area contributed by atoms with E-state index in [0.717, 1.165) is 29.0 Å². The first-order valence-electron chi connectivity index (χ1n) is 8.15. The van der Waals surface area contributed by atoms with Crippen molar-refractivity contribution < 1.29 is 0 Å². The normalized spacial score (nSPS) is 41.4. The average Bonchev–Trinajstić information content (AvgIpc) is 2.41. The molecule has 1 saturated carbocycles. The van der Waals surface area contributed by atoms with E-state index in [1.54, 1.807) is 0 Å². The third-order valence-corrected chi connectivity index (χ3v) is 6.57. The fraction of sp³-hybridized carbons (Fsp3) is 1.00. The number of nitrogens with zero attached hydrogens (tertiary/aromatic N) is 1. The van der Waals surface area contributed by atoms with Gasteiger partial charge < -0.3 is 10.2 Å². The Morgan fingerprint density at radius 1 is 1.26 bits per heavy atom. The molecule has 0 bridgehead atoms. The SMILES string of the molecule is CCC1CN(CC2C(C)CC(C)CC2NC)CCS1. The quantitative estimate of drug-likeness (QED) is 0.854. The molecular weight excluding hydrogens is 252 g/mol. The van der Waals surface area contributed by atoms with Crippen molar-refractivity contribution in [2.75, 3.05) is 32.4 Å².